The van der Waals surface area contributed by atoms with Crippen LogP contribution in [0.2, 0.25) is 0 Å². The van der Waals surface area contributed by atoms with Gasteiger partial charge in [0.15, 0.2) is 0 Å². The first-order valence-corrected chi connectivity index (χ1v) is 8.61. The van der Waals surface area contributed by atoms with Gasteiger partial charge in [0.2, 0.25) is 5.91 Å². The molecule has 0 radical (unpaired) electrons. The van der Waals surface area contributed by atoms with Crippen molar-refractivity contribution in [3.63, 3.8) is 0 Å². The van der Waals surface area contributed by atoms with Crippen LogP contribution in [0.5, 0.6) is 0 Å². The Hall–Kier alpha value is -0.980. The number of nitrogens with zero attached hydrogens (tertiary/aromatic N) is 3. The third-order valence-electron chi connectivity index (χ3n) is 4.09. The lowest BCUT2D eigenvalue weighted by Crippen LogP contribution is -2.48. The molecule has 1 N–H and O–H groups in total. The van der Waals surface area contributed by atoms with Crippen LogP contribution < -0.4 is 5.32 Å². The summed E-state index contributed by atoms with van der Waals surface area (Å²) in [6.45, 7) is 7.41. The molecular formula is C15H26N4OS. The summed E-state index contributed by atoms with van der Waals surface area (Å²) in [5.74, 6) is 0.160. The quantitative estimate of drug-likeness (QED) is 0.823. The Balaban J connectivity index is 1.57. The predicted octanol–water partition coefficient (Wildman–Crippen LogP) is 1.22. The van der Waals surface area contributed by atoms with E-state index in [0.29, 0.717) is 19.0 Å². The number of thiazole rings is 1. The molecule has 0 saturated carbocycles. The molecule has 1 amide bonds. The molecule has 0 bridgehead atoms. The molecule has 6 heteroatoms. The molecule has 1 unspecified atom stereocenters. The standard InChI is InChI=1S/C15H26N4OS/c1-13(19-10-8-18(2)9-11-19)3-4-14(20)16-6-5-15-17-7-12-21-15/h7,12-13H,3-6,8-11H2,1-2H3,(H,16,20). The molecule has 21 heavy (non-hydrogen) atoms. The zero-order valence-corrected chi connectivity index (χ0v) is 13.9. The lowest BCUT2D eigenvalue weighted by molar-refractivity contribution is -0.121. The summed E-state index contributed by atoms with van der Waals surface area (Å²) >= 11 is 1.64. The van der Waals surface area contributed by atoms with Crippen LogP contribution in [0.1, 0.15) is 24.8 Å². The van der Waals surface area contributed by atoms with Gasteiger partial charge in [0.1, 0.15) is 0 Å². The molecule has 2 heterocycles. The fourth-order valence-corrected chi connectivity index (χ4v) is 3.18. The van der Waals surface area contributed by atoms with Crippen molar-refractivity contribution >= 4 is 17.2 Å². The first kappa shape index (κ1) is 16.4. The van der Waals surface area contributed by atoms with Crippen LogP contribution in [0.15, 0.2) is 11.6 Å². The van der Waals surface area contributed by atoms with E-state index in [1.54, 1.807) is 17.5 Å². The number of hydrogen-bond acceptors (Lipinski definition) is 5. The van der Waals surface area contributed by atoms with Gasteiger partial charge >= 0.3 is 0 Å². The first-order valence-electron chi connectivity index (χ1n) is 7.73. The maximum absolute atomic E-state index is 11.9. The number of hydrogen-bond donors (Lipinski definition) is 1. The summed E-state index contributed by atoms with van der Waals surface area (Å²) in [6, 6.07) is 0.489. The van der Waals surface area contributed by atoms with Gasteiger partial charge < -0.3 is 10.2 Å². The van der Waals surface area contributed by atoms with E-state index >= 15 is 0 Å². The van der Waals surface area contributed by atoms with Crippen molar-refractivity contribution in [2.75, 3.05) is 39.8 Å². The van der Waals surface area contributed by atoms with Crippen molar-refractivity contribution in [2.45, 2.75) is 32.2 Å². The van der Waals surface area contributed by atoms with E-state index in [1.165, 1.54) is 0 Å². The second-order valence-electron chi connectivity index (χ2n) is 5.75. The summed E-state index contributed by atoms with van der Waals surface area (Å²) in [5, 5.41) is 6.04. The Labute approximate surface area is 131 Å². The fraction of sp³-hybridized carbons (Fsp3) is 0.733. The lowest BCUT2D eigenvalue weighted by atomic mass is 10.1. The second kappa shape index (κ2) is 8.46. The third-order valence-corrected chi connectivity index (χ3v) is 4.93. The highest BCUT2D eigenvalue weighted by Gasteiger charge is 2.19. The number of piperazine rings is 1. The molecule has 1 aliphatic heterocycles. The maximum atomic E-state index is 11.9. The summed E-state index contributed by atoms with van der Waals surface area (Å²) in [4.78, 5) is 20.9. The molecule has 1 aromatic heterocycles. The highest BCUT2D eigenvalue weighted by atomic mass is 32.1. The number of rotatable bonds is 7. The van der Waals surface area contributed by atoms with Crippen molar-refractivity contribution in [2.24, 2.45) is 0 Å². The fourth-order valence-electron chi connectivity index (χ4n) is 2.56. The normalized spacial score (nSPS) is 18.6. The Morgan fingerprint density at radius 2 is 2.19 bits per heavy atom. The Bertz CT molecular complexity index is 415. The van der Waals surface area contributed by atoms with Crippen molar-refractivity contribution in [3.05, 3.63) is 16.6 Å². The van der Waals surface area contributed by atoms with Crippen molar-refractivity contribution in [3.8, 4) is 0 Å². The molecule has 0 aliphatic carbocycles. The van der Waals surface area contributed by atoms with Gasteiger partial charge in [-0.05, 0) is 20.4 Å². The number of carbonyl (C=O) groups is 1. The van der Waals surface area contributed by atoms with E-state index in [1.807, 2.05) is 5.38 Å². The van der Waals surface area contributed by atoms with Crippen molar-refractivity contribution < 1.29 is 4.79 Å². The summed E-state index contributed by atoms with van der Waals surface area (Å²) in [5.41, 5.74) is 0. The minimum absolute atomic E-state index is 0.160. The first-order chi connectivity index (χ1) is 10.1. The van der Waals surface area contributed by atoms with Crippen LogP contribution in [0.3, 0.4) is 0 Å². The molecule has 1 aliphatic rings. The van der Waals surface area contributed by atoms with Gasteiger partial charge in [0.05, 0.1) is 5.01 Å². The van der Waals surface area contributed by atoms with E-state index in [2.05, 4.69) is 34.1 Å². The Kier molecular flexibility index (Phi) is 6.60. The maximum Gasteiger partial charge on any atom is 0.220 e. The van der Waals surface area contributed by atoms with Crippen LogP contribution in [0.25, 0.3) is 0 Å². The summed E-state index contributed by atoms with van der Waals surface area (Å²) < 4.78 is 0. The zero-order chi connectivity index (χ0) is 15.1. The topological polar surface area (TPSA) is 48.5 Å². The number of aromatic nitrogens is 1. The Morgan fingerprint density at radius 3 is 2.86 bits per heavy atom. The van der Waals surface area contributed by atoms with Crippen LogP contribution in [0.4, 0.5) is 0 Å². The predicted molar refractivity (Wildman–Crippen MR) is 86.6 cm³/mol. The zero-order valence-electron chi connectivity index (χ0n) is 13.0. The minimum atomic E-state index is 0.160. The SMILES string of the molecule is CC(CCC(=O)NCCc1nccs1)N1CCN(C)CC1. The van der Waals surface area contributed by atoms with Crippen LogP contribution in [-0.4, -0.2) is 66.5 Å². The average Bonchev–Trinajstić information content (AvgIpc) is 2.99. The molecule has 1 saturated heterocycles. The number of amides is 1. The van der Waals surface area contributed by atoms with Gasteiger partial charge in [0, 0.05) is 63.2 Å². The van der Waals surface area contributed by atoms with E-state index < -0.39 is 0 Å². The van der Waals surface area contributed by atoms with Gasteiger partial charge in [-0.15, -0.1) is 11.3 Å². The summed E-state index contributed by atoms with van der Waals surface area (Å²) in [7, 11) is 2.16. The van der Waals surface area contributed by atoms with E-state index in [-0.39, 0.29) is 5.91 Å². The molecular weight excluding hydrogens is 284 g/mol. The minimum Gasteiger partial charge on any atom is -0.356 e. The monoisotopic (exact) mass is 310 g/mol. The van der Waals surface area contributed by atoms with Crippen LogP contribution >= 0.6 is 11.3 Å². The van der Waals surface area contributed by atoms with Crippen molar-refractivity contribution in [1.82, 2.24) is 20.1 Å². The second-order valence-corrected chi connectivity index (χ2v) is 6.73. The van der Waals surface area contributed by atoms with Gasteiger partial charge in [0.25, 0.3) is 0 Å². The molecule has 0 spiro atoms. The molecule has 0 aromatic carbocycles. The largest absolute Gasteiger partial charge is 0.356 e. The Morgan fingerprint density at radius 1 is 1.43 bits per heavy atom. The van der Waals surface area contributed by atoms with Gasteiger partial charge in [-0.25, -0.2) is 4.98 Å². The highest BCUT2D eigenvalue weighted by Crippen LogP contribution is 2.10. The number of nitrogens with one attached hydrogen (secondary N) is 1. The molecule has 2 rings (SSSR count). The van der Waals surface area contributed by atoms with E-state index in [4.69, 9.17) is 0 Å². The van der Waals surface area contributed by atoms with Gasteiger partial charge in [-0.3, -0.25) is 9.69 Å². The van der Waals surface area contributed by atoms with E-state index in [9.17, 15) is 4.79 Å². The lowest BCUT2D eigenvalue weighted by Gasteiger charge is -2.36. The average molecular weight is 310 g/mol. The molecule has 5 nitrogen and oxygen atoms in total. The summed E-state index contributed by atoms with van der Waals surface area (Å²) in [6.07, 6.45) is 4.19. The highest BCUT2D eigenvalue weighted by molar-refractivity contribution is 7.09. The third kappa shape index (κ3) is 5.73. The molecule has 1 atom stereocenters. The van der Waals surface area contributed by atoms with Crippen molar-refractivity contribution in [1.29, 1.82) is 0 Å². The van der Waals surface area contributed by atoms with Crippen LogP contribution in [0, 0.1) is 0 Å². The number of likely N-dealkylation sites (N-methyl/N-ethyl adjacent to an activating group) is 1. The molecule has 118 valence electrons. The van der Waals surface area contributed by atoms with Gasteiger partial charge in [-0.1, -0.05) is 0 Å². The van der Waals surface area contributed by atoms with E-state index in [0.717, 1.165) is 44.0 Å². The van der Waals surface area contributed by atoms with Gasteiger partial charge in [-0.2, -0.15) is 0 Å². The molecule has 1 fully saturated rings. The smallest absolute Gasteiger partial charge is 0.220 e. The number of carbonyl (C=O) groups excluding carboxylic acids is 1. The molecule has 1 aromatic rings. The van der Waals surface area contributed by atoms with Crippen LogP contribution in [-0.2, 0) is 11.2 Å².